The Morgan fingerprint density at radius 3 is 2.30 bits per heavy atom. The number of hydrogen-bond acceptors (Lipinski definition) is 2. The van der Waals surface area contributed by atoms with Gasteiger partial charge in [-0.2, -0.15) is 0 Å². The van der Waals surface area contributed by atoms with E-state index in [4.69, 9.17) is 0 Å². The second-order valence-electron chi connectivity index (χ2n) is 4.96. The first-order valence-corrected chi connectivity index (χ1v) is 7.16. The molecule has 0 aromatic heterocycles. The van der Waals surface area contributed by atoms with Crippen LogP contribution in [0.2, 0.25) is 0 Å². The van der Waals surface area contributed by atoms with E-state index in [9.17, 15) is 18.4 Å². The van der Waals surface area contributed by atoms with Gasteiger partial charge >= 0.3 is 0 Å². The van der Waals surface area contributed by atoms with E-state index in [-0.39, 0.29) is 11.5 Å². The van der Waals surface area contributed by atoms with Crippen molar-refractivity contribution in [2.45, 2.75) is 19.8 Å². The minimum absolute atomic E-state index is 0.00400. The second kappa shape index (κ2) is 7.49. The van der Waals surface area contributed by atoms with Crippen LogP contribution in [0, 0.1) is 11.6 Å². The Morgan fingerprint density at radius 2 is 1.65 bits per heavy atom. The van der Waals surface area contributed by atoms with Crippen LogP contribution in [-0.4, -0.2) is 11.8 Å². The maximum Gasteiger partial charge on any atom is 0.255 e. The number of carbonyl (C=O) groups excluding carboxylic acids is 2. The van der Waals surface area contributed by atoms with Crippen LogP contribution in [0.15, 0.2) is 42.5 Å². The smallest absolute Gasteiger partial charge is 0.255 e. The summed E-state index contributed by atoms with van der Waals surface area (Å²) in [7, 11) is 0. The van der Waals surface area contributed by atoms with E-state index >= 15 is 0 Å². The zero-order chi connectivity index (χ0) is 16.8. The maximum atomic E-state index is 13.2. The number of hydrogen-bond donors (Lipinski definition) is 2. The van der Waals surface area contributed by atoms with Crippen LogP contribution in [0.25, 0.3) is 0 Å². The second-order valence-corrected chi connectivity index (χ2v) is 4.96. The van der Waals surface area contributed by atoms with Gasteiger partial charge in [0.15, 0.2) is 11.6 Å². The van der Waals surface area contributed by atoms with Crippen molar-refractivity contribution in [2.75, 3.05) is 10.6 Å². The number of nitrogens with one attached hydrogen (secondary N) is 2. The fourth-order valence-corrected chi connectivity index (χ4v) is 1.97. The van der Waals surface area contributed by atoms with Crippen molar-refractivity contribution in [3.05, 3.63) is 59.7 Å². The Morgan fingerprint density at radius 1 is 0.957 bits per heavy atom. The topological polar surface area (TPSA) is 58.2 Å². The molecule has 6 heteroatoms. The molecule has 2 aromatic rings. The lowest BCUT2D eigenvalue weighted by Crippen LogP contribution is -2.14. The van der Waals surface area contributed by atoms with Gasteiger partial charge < -0.3 is 10.6 Å². The third-order valence-corrected chi connectivity index (χ3v) is 3.06. The van der Waals surface area contributed by atoms with Gasteiger partial charge in [-0.3, -0.25) is 9.59 Å². The van der Waals surface area contributed by atoms with E-state index in [2.05, 4.69) is 10.6 Å². The van der Waals surface area contributed by atoms with Gasteiger partial charge in [0.2, 0.25) is 5.91 Å². The average Bonchev–Trinajstić information content (AvgIpc) is 2.50. The summed E-state index contributed by atoms with van der Waals surface area (Å²) in [4.78, 5) is 23.6. The van der Waals surface area contributed by atoms with Gasteiger partial charge in [-0.1, -0.05) is 13.0 Å². The molecule has 0 heterocycles. The van der Waals surface area contributed by atoms with Crippen LogP contribution in [-0.2, 0) is 4.79 Å². The lowest BCUT2D eigenvalue weighted by molar-refractivity contribution is -0.116. The molecule has 120 valence electrons. The standard InChI is InChI=1S/C17H16F2N2O2/c1-2-4-16(22)20-12-5-3-6-13(10-12)21-17(23)11-7-8-14(18)15(19)9-11/h3,5-10H,2,4H2,1H3,(H,20,22)(H,21,23). The molecule has 23 heavy (non-hydrogen) atoms. The van der Waals surface area contributed by atoms with Crippen molar-refractivity contribution in [1.82, 2.24) is 0 Å². The highest BCUT2D eigenvalue weighted by molar-refractivity contribution is 6.04. The largest absolute Gasteiger partial charge is 0.326 e. The van der Waals surface area contributed by atoms with Gasteiger partial charge in [0.05, 0.1) is 0 Å². The van der Waals surface area contributed by atoms with E-state index in [1.807, 2.05) is 6.92 Å². The van der Waals surface area contributed by atoms with Gasteiger partial charge in [0, 0.05) is 23.4 Å². The highest BCUT2D eigenvalue weighted by Gasteiger charge is 2.10. The summed E-state index contributed by atoms with van der Waals surface area (Å²) in [5, 5.41) is 5.28. The van der Waals surface area contributed by atoms with Crippen molar-refractivity contribution in [3.63, 3.8) is 0 Å². The predicted octanol–water partition coefficient (Wildman–Crippen LogP) is 3.96. The average molecular weight is 318 g/mol. The first kappa shape index (κ1) is 16.6. The molecule has 0 spiro atoms. The number of anilines is 2. The minimum atomic E-state index is -1.08. The maximum absolute atomic E-state index is 13.2. The van der Waals surface area contributed by atoms with Crippen molar-refractivity contribution in [2.24, 2.45) is 0 Å². The summed E-state index contributed by atoms with van der Waals surface area (Å²) >= 11 is 0. The Kier molecular flexibility index (Phi) is 5.41. The van der Waals surface area contributed by atoms with Gasteiger partial charge in [-0.25, -0.2) is 8.78 Å². The number of halogens is 2. The monoisotopic (exact) mass is 318 g/mol. The number of amides is 2. The minimum Gasteiger partial charge on any atom is -0.326 e. The molecule has 0 bridgehead atoms. The highest BCUT2D eigenvalue weighted by Crippen LogP contribution is 2.17. The first-order valence-electron chi connectivity index (χ1n) is 7.16. The molecule has 2 amide bonds. The third kappa shape index (κ3) is 4.60. The summed E-state index contributed by atoms with van der Waals surface area (Å²) in [6.45, 7) is 1.90. The van der Waals surface area contributed by atoms with Crippen LogP contribution >= 0.6 is 0 Å². The molecule has 0 aliphatic rings. The Hall–Kier alpha value is -2.76. The molecule has 0 atom stereocenters. The molecule has 0 unspecified atom stereocenters. The van der Waals surface area contributed by atoms with Gasteiger partial charge in [0.1, 0.15) is 0 Å². The van der Waals surface area contributed by atoms with Crippen LogP contribution in [0.4, 0.5) is 20.2 Å². The SMILES string of the molecule is CCCC(=O)Nc1cccc(NC(=O)c2ccc(F)c(F)c2)c1. The van der Waals surface area contributed by atoms with Crippen molar-refractivity contribution in [1.29, 1.82) is 0 Å². The van der Waals surface area contributed by atoms with Gasteiger partial charge in [-0.05, 0) is 42.8 Å². The quantitative estimate of drug-likeness (QED) is 0.877. The molecule has 0 aliphatic carbocycles. The molecule has 2 aromatic carbocycles. The summed E-state index contributed by atoms with van der Waals surface area (Å²) in [5.41, 5.74) is 0.991. The van der Waals surface area contributed by atoms with Crippen molar-refractivity contribution in [3.8, 4) is 0 Å². The summed E-state index contributed by atoms with van der Waals surface area (Å²) in [6.07, 6.45) is 1.14. The van der Waals surface area contributed by atoms with E-state index in [1.54, 1.807) is 24.3 Å². The van der Waals surface area contributed by atoms with Crippen LogP contribution in [0.1, 0.15) is 30.1 Å². The van der Waals surface area contributed by atoms with E-state index < -0.39 is 17.5 Å². The first-order chi connectivity index (χ1) is 11.0. The predicted molar refractivity (Wildman–Crippen MR) is 84.3 cm³/mol. The number of rotatable bonds is 5. The van der Waals surface area contributed by atoms with Crippen LogP contribution in [0.3, 0.4) is 0 Å². The summed E-state index contributed by atoms with van der Waals surface area (Å²) in [5.74, 6) is -2.78. The zero-order valence-corrected chi connectivity index (χ0v) is 12.5. The summed E-state index contributed by atoms with van der Waals surface area (Å²) < 4.78 is 26.0. The van der Waals surface area contributed by atoms with E-state index in [0.29, 0.717) is 17.8 Å². The number of carbonyl (C=O) groups is 2. The van der Waals surface area contributed by atoms with Crippen LogP contribution in [0.5, 0.6) is 0 Å². The fourth-order valence-electron chi connectivity index (χ4n) is 1.97. The van der Waals surface area contributed by atoms with E-state index in [1.165, 1.54) is 6.07 Å². The van der Waals surface area contributed by atoms with Crippen LogP contribution < -0.4 is 10.6 Å². The fraction of sp³-hybridized carbons (Fsp3) is 0.176. The molecule has 0 fully saturated rings. The molecule has 0 saturated heterocycles. The molecular formula is C17H16F2N2O2. The van der Waals surface area contributed by atoms with Gasteiger partial charge in [0.25, 0.3) is 5.91 Å². The molecule has 0 aliphatic heterocycles. The molecule has 4 nitrogen and oxygen atoms in total. The molecular weight excluding hydrogens is 302 g/mol. The molecule has 2 N–H and O–H groups in total. The van der Waals surface area contributed by atoms with E-state index in [0.717, 1.165) is 18.6 Å². The summed E-state index contributed by atoms with van der Waals surface area (Å²) in [6, 6.07) is 9.51. The molecule has 0 saturated carbocycles. The number of benzene rings is 2. The van der Waals surface area contributed by atoms with Crippen molar-refractivity contribution < 1.29 is 18.4 Å². The normalized spacial score (nSPS) is 10.2. The Bertz CT molecular complexity index is 732. The molecule has 2 rings (SSSR count). The third-order valence-electron chi connectivity index (χ3n) is 3.06. The van der Waals surface area contributed by atoms with Gasteiger partial charge in [-0.15, -0.1) is 0 Å². The molecule has 0 radical (unpaired) electrons. The highest BCUT2D eigenvalue weighted by atomic mass is 19.2. The lowest BCUT2D eigenvalue weighted by Gasteiger charge is -2.09. The Labute approximate surface area is 132 Å². The van der Waals surface area contributed by atoms with Crippen molar-refractivity contribution >= 4 is 23.2 Å². The Balaban J connectivity index is 2.08. The zero-order valence-electron chi connectivity index (χ0n) is 12.5. The lowest BCUT2D eigenvalue weighted by atomic mass is 10.2.